The highest BCUT2D eigenvalue weighted by atomic mass is 16.5. The van der Waals surface area contributed by atoms with E-state index in [-0.39, 0.29) is 11.8 Å². The monoisotopic (exact) mass is 416 g/mol. The molecule has 4 aliphatic carbocycles. The minimum absolute atomic E-state index is 0.0285. The standard InChI is InChI=1S/C27H45NO2/c1-16-7-12-27(28-15-16)17(2)24-23(30-27)14-22-20-6-5-18-13-19(29)8-10-25(18,3)21(20)9-11-26(22,24)4/h16-24,28-29H,5-15H2,1-4H3/p+1/t16-,17-,18-,19-,20+,21-,22-,23-,24-,25-,26-,27-/m0/s1. The van der Waals surface area contributed by atoms with Gasteiger partial charge in [0.1, 0.15) is 0 Å². The molecule has 0 radical (unpaired) electrons. The molecule has 2 aliphatic heterocycles. The van der Waals surface area contributed by atoms with Gasteiger partial charge in [0.15, 0.2) is 0 Å². The highest BCUT2D eigenvalue weighted by Crippen LogP contribution is 2.70. The molecule has 3 heteroatoms. The van der Waals surface area contributed by atoms with Crippen molar-refractivity contribution in [3.05, 3.63) is 0 Å². The Morgan fingerprint density at radius 2 is 1.67 bits per heavy atom. The lowest BCUT2D eigenvalue weighted by molar-refractivity contribution is -0.786. The molecule has 3 N–H and O–H groups in total. The Bertz CT molecular complexity index is 686. The van der Waals surface area contributed by atoms with Crippen LogP contribution in [0.25, 0.3) is 0 Å². The first kappa shape index (κ1) is 20.5. The van der Waals surface area contributed by atoms with Crippen LogP contribution in [0.5, 0.6) is 0 Å². The lowest BCUT2D eigenvalue weighted by Gasteiger charge is -2.61. The van der Waals surface area contributed by atoms with Crippen molar-refractivity contribution < 1.29 is 15.2 Å². The van der Waals surface area contributed by atoms with E-state index in [0.717, 1.165) is 48.3 Å². The first-order valence-corrected chi connectivity index (χ1v) is 13.5. The number of nitrogens with two attached hydrogens (primary N) is 1. The average molecular weight is 417 g/mol. The van der Waals surface area contributed by atoms with E-state index in [0.29, 0.717) is 22.9 Å². The van der Waals surface area contributed by atoms with Crippen molar-refractivity contribution >= 4 is 0 Å². The predicted molar refractivity (Wildman–Crippen MR) is 119 cm³/mol. The fraction of sp³-hybridized carbons (Fsp3) is 1.00. The van der Waals surface area contributed by atoms with E-state index in [2.05, 4.69) is 33.0 Å². The molecule has 0 bridgehead atoms. The molecular weight excluding hydrogens is 370 g/mol. The van der Waals surface area contributed by atoms with Crippen LogP contribution in [0, 0.1) is 52.3 Å². The molecule has 0 aromatic rings. The van der Waals surface area contributed by atoms with E-state index >= 15 is 0 Å². The minimum Gasteiger partial charge on any atom is -0.393 e. The first-order chi connectivity index (χ1) is 14.3. The van der Waals surface area contributed by atoms with Crippen LogP contribution in [0.2, 0.25) is 0 Å². The molecule has 12 atom stereocenters. The Morgan fingerprint density at radius 3 is 2.43 bits per heavy atom. The van der Waals surface area contributed by atoms with Crippen LogP contribution in [0.1, 0.15) is 91.9 Å². The second kappa shape index (κ2) is 6.70. The van der Waals surface area contributed by atoms with E-state index in [1.54, 1.807) is 0 Å². The molecule has 0 aromatic heterocycles. The smallest absolute Gasteiger partial charge is 0.203 e. The van der Waals surface area contributed by atoms with Gasteiger partial charge in [-0.3, -0.25) is 0 Å². The van der Waals surface area contributed by atoms with Crippen LogP contribution in [0.4, 0.5) is 0 Å². The van der Waals surface area contributed by atoms with Crippen molar-refractivity contribution in [1.29, 1.82) is 0 Å². The number of ether oxygens (including phenoxy) is 1. The minimum atomic E-state index is -0.0285. The molecule has 6 aliphatic rings. The van der Waals surface area contributed by atoms with Gasteiger partial charge in [0.2, 0.25) is 5.72 Å². The van der Waals surface area contributed by atoms with Crippen LogP contribution in [0.15, 0.2) is 0 Å². The second-order valence-electron chi connectivity index (χ2n) is 13.4. The van der Waals surface area contributed by atoms with Crippen LogP contribution in [0.3, 0.4) is 0 Å². The fourth-order valence-corrected chi connectivity index (χ4v) is 10.6. The average Bonchev–Trinajstić information content (AvgIpc) is 3.16. The van der Waals surface area contributed by atoms with Crippen molar-refractivity contribution in [2.24, 2.45) is 52.3 Å². The summed E-state index contributed by atoms with van der Waals surface area (Å²) in [5.41, 5.74) is 1.07. The summed E-state index contributed by atoms with van der Waals surface area (Å²) in [6.07, 6.45) is 13.4. The molecule has 0 aromatic carbocycles. The molecule has 0 unspecified atom stereocenters. The zero-order valence-electron chi connectivity index (χ0n) is 19.9. The summed E-state index contributed by atoms with van der Waals surface area (Å²) >= 11 is 0. The highest BCUT2D eigenvalue weighted by Gasteiger charge is 2.69. The van der Waals surface area contributed by atoms with Crippen LogP contribution in [-0.2, 0) is 4.74 Å². The van der Waals surface area contributed by atoms with E-state index in [9.17, 15) is 5.11 Å². The Kier molecular flexibility index (Phi) is 4.58. The Labute approximate surface area is 184 Å². The number of piperidine rings is 1. The van der Waals surface area contributed by atoms with E-state index < -0.39 is 0 Å². The van der Waals surface area contributed by atoms with Gasteiger partial charge in [0, 0.05) is 24.2 Å². The molecule has 3 nitrogen and oxygen atoms in total. The Morgan fingerprint density at radius 1 is 0.867 bits per heavy atom. The van der Waals surface area contributed by atoms with E-state index in [4.69, 9.17) is 4.74 Å². The maximum absolute atomic E-state index is 10.3. The third kappa shape index (κ3) is 2.61. The number of hydrogen-bond donors (Lipinski definition) is 2. The molecule has 6 rings (SSSR count). The normalized spacial score (nSPS) is 62.5. The maximum Gasteiger partial charge on any atom is 0.203 e. The van der Waals surface area contributed by atoms with Gasteiger partial charge in [-0.05, 0) is 92.3 Å². The summed E-state index contributed by atoms with van der Waals surface area (Å²) < 4.78 is 7.07. The molecule has 6 fully saturated rings. The molecule has 1 spiro atoms. The van der Waals surface area contributed by atoms with E-state index in [1.807, 2.05) is 0 Å². The third-order valence-electron chi connectivity index (χ3n) is 12.3. The fourth-order valence-electron chi connectivity index (χ4n) is 10.6. The number of aliphatic hydroxyl groups excluding tert-OH is 1. The van der Waals surface area contributed by atoms with Crippen LogP contribution < -0.4 is 5.32 Å². The Hall–Kier alpha value is -0.120. The summed E-state index contributed by atoms with van der Waals surface area (Å²) in [6, 6.07) is 0. The van der Waals surface area contributed by atoms with Gasteiger partial charge in [-0.1, -0.05) is 27.7 Å². The van der Waals surface area contributed by atoms with Gasteiger partial charge < -0.3 is 15.2 Å². The summed E-state index contributed by atoms with van der Waals surface area (Å²) in [6.45, 7) is 11.5. The summed E-state index contributed by atoms with van der Waals surface area (Å²) in [5, 5.41) is 12.9. The number of fused-ring (bicyclic) bond motifs is 7. The lowest BCUT2D eigenvalue weighted by Crippen LogP contribution is -3.00. The zero-order chi connectivity index (χ0) is 20.9. The predicted octanol–water partition coefficient (Wildman–Crippen LogP) is 4.34. The molecule has 0 amide bonds. The van der Waals surface area contributed by atoms with Crippen molar-refractivity contribution in [2.45, 2.75) is 110 Å². The lowest BCUT2D eigenvalue weighted by atomic mass is 9.44. The van der Waals surface area contributed by atoms with Gasteiger partial charge in [-0.2, -0.15) is 0 Å². The molecule has 2 saturated heterocycles. The first-order valence-electron chi connectivity index (χ1n) is 13.5. The highest BCUT2D eigenvalue weighted by molar-refractivity contribution is 5.15. The molecule has 30 heavy (non-hydrogen) atoms. The third-order valence-corrected chi connectivity index (χ3v) is 12.3. The quantitative estimate of drug-likeness (QED) is 0.617. The van der Waals surface area contributed by atoms with Gasteiger partial charge in [-0.15, -0.1) is 0 Å². The van der Waals surface area contributed by atoms with E-state index in [1.165, 1.54) is 57.9 Å². The molecule has 4 saturated carbocycles. The largest absolute Gasteiger partial charge is 0.393 e. The summed E-state index contributed by atoms with van der Waals surface area (Å²) in [7, 11) is 0. The van der Waals surface area contributed by atoms with Crippen LogP contribution in [-0.4, -0.2) is 29.6 Å². The zero-order valence-corrected chi connectivity index (χ0v) is 19.9. The van der Waals surface area contributed by atoms with Gasteiger partial charge in [0.25, 0.3) is 0 Å². The van der Waals surface area contributed by atoms with Crippen molar-refractivity contribution in [3.63, 3.8) is 0 Å². The van der Waals surface area contributed by atoms with Crippen molar-refractivity contribution in [2.75, 3.05) is 6.54 Å². The van der Waals surface area contributed by atoms with Gasteiger partial charge in [0.05, 0.1) is 18.8 Å². The maximum atomic E-state index is 10.3. The number of hydrogen-bond acceptors (Lipinski definition) is 2. The summed E-state index contributed by atoms with van der Waals surface area (Å²) in [4.78, 5) is 0. The number of quaternary nitrogens is 1. The van der Waals surface area contributed by atoms with Gasteiger partial charge in [-0.25, -0.2) is 0 Å². The molecular formula is C27H46NO2+. The SMILES string of the molecule is C[C@H]1CC[C@]2([NH2+]C1)O[C@H]1C[C@H]3[C@@H]4CC[C@H]5C[C@@H](O)CC[C@]5(C)[C@H]4CC[C@]3(C)[C@H]1[C@@H]2C. The van der Waals surface area contributed by atoms with Crippen molar-refractivity contribution in [3.8, 4) is 0 Å². The van der Waals surface area contributed by atoms with Gasteiger partial charge >= 0.3 is 0 Å². The number of rotatable bonds is 0. The second-order valence-corrected chi connectivity index (χ2v) is 13.4. The molecule has 2 heterocycles. The molecule has 170 valence electrons. The number of aliphatic hydroxyl groups is 1. The Balaban J connectivity index is 1.26. The van der Waals surface area contributed by atoms with Crippen molar-refractivity contribution in [1.82, 2.24) is 0 Å². The topological polar surface area (TPSA) is 46.1 Å². The summed E-state index contributed by atoms with van der Waals surface area (Å²) in [5.74, 6) is 5.75. The van der Waals surface area contributed by atoms with Crippen LogP contribution >= 0.6 is 0 Å².